The fourth-order valence-corrected chi connectivity index (χ4v) is 2.19. The number of rotatable bonds is 6. The Morgan fingerprint density at radius 1 is 1.31 bits per heavy atom. The first-order valence-electron chi connectivity index (χ1n) is 5.13. The second-order valence-corrected chi connectivity index (χ2v) is 6.04. The van der Waals surface area contributed by atoms with Crippen molar-refractivity contribution >= 4 is 34.0 Å². The second kappa shape index (κ2) is 7.28. The van der Waals surface area contributed by atoms with Gasteiger partial charge in [-0.2, -0.15) is 0 Å². The Kier molecular flexibility index (Phi) is 6.36. The van der Waals surface area contributed by atoms with Gasteiger partial charge < -0.3 is 5.32 Å². The van der Waals surface area contributed by atoms with Gasteiger partial charge in [-0.05, 0) is 17.7 Å². The van der Waals surface area contributed by atoms with Crippen LogP contribution < -0.4 is 5.32 Å². The molecule has 0 saturated carbocycles. The van der Waals surface area contributed by atoms with Crippen LogP contribution in [-0.4, -0.2) is 22.3 Å². The summed E-state index contributed by atoms with van der Waals surface area (Å²) in [4.78, 5) is 0. The number of nitrogens with one attached hydrogen (secondary N) is 1. The van der Waals surface area contributed by atoms with E-state index in [1.165, 1.54) is 0 Å². The third kappa shape index (κ3) is 4.83. The van der Waals surface area contributed by atoms with Gasteiger partial charge in [0.1, 0.15) is 0 Å². The molecule has 1 atom stereocenters. The van der Waals surface area contributed by atoms with E-state index in [-0.39, 0.29) is 0 Å². The lowest BCUT2D eigenvalue weighted by Crippen LogP contribution is -2.20. The van der Waals surface area contributed by atoms with Gasteiger partial charge in [0.25, 0.3) is 0 Å². The zero-order valence-electron chi connectivity index (χ0n) is 9.13. The van der Waals surface area contributed by atoms with Crippen molar-refractivity contribution < 1.29 is 4.21 Å². The molecule has 0 aromatic heterocycles. The summed E-state index contributed by atoms with van der Waals surface area (Å²) in [6, 6.07) is 5.55. The number of hydrogen-bond acceptors (Lipinski definition) is 2. The predicted octanol–water partition coefficient (Wildman–Crippen LogP) is 2.85. The predicted molar refractivity (Wildman–Crippen MR) is 71.7 cm³/mol. The lowest BCUT2D eigenvalue weighted by atomic mass is 10.2. The summed E-state index contributed by atoms with van der Waals surface area (Å²) >= 11 is 11.7. The largest absolute Gasteiger partial charge is 0.312 e. The number of hydrogen-bond donors (Lipinski definition) is 1. The van der Waals surface area contributed by atoms with Gasteiger partial charge in [-0.3, -0.25) is 4.21 Å². The molecule has 0 spiro atoms. The first kappa shape index (κ1) is 14.0. The maximum atomic E-state index is 11.2. The molecule has 0 amide bonds. The Balaban J connectivity index is 2.32. The molecule has 90 valence electrons. The van der Waals surface area contributed by atoms with E-state index in [1.807, 2.05) is 19.1 Å². The van der Waals surface area contributed by atoms with Crippen LogP contribution in [0.2, 0.25) is 10.0 Å². The Labute approximate surface area is 109 Å². The summed E-state index contributed by atoms with van der Waals surface area (Å²) < 4.78 is 11.2. The zero-order valence-corrected chi connectivity index (χ0v) is 11.5. The van der Waals surface area contributed by atoms with E-state index >= 15 is 0 Å². The number of benzene rings is 1. The molecule has 16 heavy (non-hydrogen) atoms. The molecule has 0 fully saturated rings. The summed E-state index contributed by atoms with van der Waals surface area (Å²) in [5, 5.41) is 4.35. The monoisotopic (exact) mass is 279 g/mol. The van der Waals surface area contributed by atoms with E-state index < -0.39 is 10.8 Å². The highest BCUT2D eigenvalue weighted by molar-refractivity contribution is 7.84. The Morgan fingerprint density at radius 2 is 2.06 bits per heavy atom. The summed E-state index contributed by atoms with van der Waals surface area (Å²) in [7, 11) is -0.703. The first-order chi connectivity index (χ1) is 7.63. The van der Waals surface area contributed by atoms with Crippen molar-refractivity contribution in [3.8, 4) is 0 Å². The van der Waals surface area contributed by atoms with Crippen molar-refractivity contribution in [2.45, 2.75) is 13.5 Å². The molecule has 0 aliphatic heterocycles. The molecule has 0 aliphatic rings. The van der Waals surface area contributed by atoms with Gasteiger partial charge in [0, 0.05) is 35.4 Å². The normalized spacial score (nSPS) is 12.7. The Hall–Kier alpha value is -0.0900. The fourth-order valence-electron chi connectivity index (χ4n) is 1.21. The topological polar surface area (TPSA) is 29.1 Å². The highest BCUT2D eigenvalue weighted by Crippen LogP contribution is 2.22. The molecular formula is C11H15Cl2NOS. The summed E-state index contributed by atoms with van der Waals surface area (Å²) in [6.45, 7) is 3.40. The van der Waals surface area contributed by atoms with Gasteiger partial charge in [0.2, 0.25) is 0 Å². The number of halogens is 2. The highest BCUT2D eigenvalue weighted by atomic mass is 35.5. The van der Waals surface area contributed by atoms with Gasteiger partial charge in [-0.15, -0.1) is 0 Å². The minimum absolute atomic E-state index is 0.567. The van der Waals surface area contributed by atoms with Gasteiger partial charge in [0.05, 0.1) is 10.0 Å². The van der Waals surface area contributed by atoms with Crippen LogP contribution in [0.15, 0.2) is 18.2 Å². The van der Waals surface area contributed by atoms with Gasteiger partial charge >= 0.3 is 0 Å². The lowest BCUT2D eigenvalue weighted by Gasteiger charge is -2.05. The summed E-state index contributed by atoms with van der Waals surface area (Å²) in [6.07, 6.45) is 0. The van der Waals surface area contributed by atoms with E-state index in [0.29, 0.717) is 21.6 Å². The molecule has 1 unspecified atom stereocenters. The van der Waals surface area contributed by atoms with E-state index in [0.717, 1.165) is 18.7 Å². The highest BCUT2D eigenvalue weighted by Gasteiger charge is 2.00. The van der Waals surface area contributed by atoms with Crippen molar-refractivity contribution in [1.29, 1.82) is 0 Å². The smallest absolute Gasteiger partial charge is 0.0595 e. The third-order valence-electron chi connectivity index (χ3n) is 2.14. The summed E-state index contributed by atoms with van der Waals surface area (Å²) in [5.74, 6) is 1.41. The van der Waals surface area contributed by atoms with Crippen LogP contribution in [0.25, 0.3) is 0 Å². The second-order valence-electron chi connectivity index (χ2n) is 3.36. The molecule has 1 N–H and O–H groups in total. The molecule has 0 heterocycles. The molecule has 1 rings (SSSR count). The summed E-state index contributed by atoms with van der Waals surface area (Å²) in [5.41, 5.74) is 1.08. The van der Waals surface area contributed by atoms with Gasteiger partial charge in [-0.1, -0.05) is 36.2 Å². The zero-order chi connectivity index (χ0) is 12.0. The SMILES string of the molecule is CCS(=O)CCNCc1ccc(Cl)c(Cl)c1. The fraction of sp³-hybridized carbons (Fsp3) is 0.455. The Morgan fingerprint density at radius 3 is 2.69 bits per heavy atom. The van der Waals surface area contributed by atoms with Crippen LogP contribution in [0.5, 0.6) is 0 Å². The maximum Gasteiger partial charge on any atom is 0.0595 e. The first-order valence-corrected chi connectivity index (χ1v) is 7.37. The molecule has 0 saturated heterocycles. The molecule has 5 heteroatoms. The standard InChI is InChI=1S/C11H15Cl2NOS/c1-2-16(15)6-5-14-8-9-3-4-10(12)11(13)7-9/h3-4,7,14H,2,5-6,8H2,1H3. The average molecular weight is 280 g/mol. The van der Waals surface area contributed by atoms with Crippen molar-refractivity contribution in [3.63, 3.8) is 0 Å². The molecular weight excluding hydrogens is 265 g/mol. The molecule has 2 nitrogen and oxygen atoms in total. The quantitative estimate of drug-likeness (QED) is 0.812. The molecule has 1 aromatic rings. The van der Waals surface area contributed by atoms with Crippen LogP contribution in [-0.2, 0) is 17.3 Å². The minimum atomic E-state index is -0.703. The van der Waals surface area contributed by atoms with Crippen molar-refractivity contribution in [1.82, 2.24) is 5.32 Å². The average Bonchev–Trinajstić information content (AvgIpc) is 2.28. The van der Waals surface area contributed by atoms with Gasteiger partial charge in [-0.25, -0.2) is 0 Å². The van der Waals surface area contributed by atoms with E-state index in [1.54, 1.807) is 6.07 Å². The van der Waals surface area contributed by atoms with E-state index in [4.69, 9.17) is 23.2 Å². The minimum Gasteiger partial charge on any atom is -0.312 e. The van der Waals surface area contributed by atoms with Crippen LogP contribution in [0, 0.1) is 0 Å². The molecule has 0 aliphatic carbocycles. The maximum absolute atomic E-state index is 11.2. The molecule has 0 radical (unpaired) electrons. The van der Waals surface area contributed by atoms with Crippen LogP contribution in [0.1, 0.15) is 12.5 Å². The van der Waals surface area contributed by atoms with Crippen LogP contribution in [0.3, 0.4) is 0 Å². The third-order valence-corrected chi connectivity index (χ3v) is 4.18. The van der Waals surface area contributed by atoms with Crippen molar-refractivity contribution in [2.24, 2.45) is 0 Å². The van der Waals surface area contributed by atoms with Crippen LogP contribution in [0.4, 0.5) is 0 Å². The van der Waals surface area contributed by atoms with Crippen molar-refractivity contribution in [3.05, 3.63) is 33.8 Å². The van der Waals surface area contributed by atoms with E-state index in [2.05, 4.69) is 5.32 Å². The van der Waals surface area contributed by atoms with Crippen LogP contribution >= 0.6 is 23.2 Å². The molecule has 1 aromatic carbocycles. The van der Waals surface area contributed by atoms with E-state index in [9.17, 15) is 4.21 Å². The lowest BCUT2D eigenvalue weighted by molar-refractivity contribution is 0.674. The van der Waals surface area contributed by atoms with Gasteiger partial charge in [0.15, 0.2) is 0 Å². The Bertz CT molecular complexity index is 371. The molecule has 0 bridgehead atoms. The van der Waals surface area contributed by atoms with Crippen molar-refractivity contribution in [2.75, 3.05) is 18.1 Å².